The third kappa shape index (κ3) is 3.49. The van der Waals surface area contributed by atoms with Gasteiger partial charge < -0.3 is 10.2 Å². The number of nitrogens with zero attached hydrogens (tertiary/aromatic N) is 2. The van der Waals surface area contributed by atoms with Gasteiger partial charge in [-0.05, 0) is 30.0 Å². The average Bonchev–Trinajstić information content (AvgIpc) is 2.92. The van der Waals surface area contributed by atoms with Crippen LogP contribution in [0.5, 0.6) is 0 Å². The van der Waals surface area contributed by atoms with Crippen LogP contribution in [-0.4, -0.2) is 41.4 Å². The number of amides is 3. The van der Waals surface area contributed by atoms with Crippen LogP contribution in [0.2, 0.25) is 5.02 Å². The third-order valence-corrected chi connectivity index (χ3v) is 5.00. The molecule has 0 saturated heterocycles. The van der Waals surface area contributed by atoms with Crippen LogP contribution in [0.1, 0.15) is 31.9 Å². The van der Waals surface area contributed by atoms with Crippen LogP contribution in [-0.2, 0) is 4.79 Å². The van der Waals surface area contributed by atoms with E-state index in [1.165, 1.54) is 0 Å². The fraction of sp³-hybridized carbons (Fsp3) is 0.400. The van der Waals surface area contributed by atoms with Gasteiger partial charge >= 0.3 is 6.03 Å². The first-order valence-electron chi connectivity index (χ1n) is 8.89. The maximum Gasteiger partial charge on any atom is 0.322 e. The highest BCUT2D eigenvalue weighted by Crippen LogP contribution is 2.36. The van der Waals surface area contributed by atoms with E-state index in [0.717, 1.165) is 17.7 Å². The molecule has 138 valence electrons. The van der Waals surface area contributed by atoms with Gasteiger partial charge in [0.05, 0.1) is 23.9 Å². The highest BCUT2D eigenvalue weighted by Gasteiger charge is 2.43. The second kappa shape index (κ2) is 7.54. The summed E-state index contributed by atoms with van der Waals surface area (Å²) in [5.41, 5.74) is 2.22. The van der Waals surface area contributed by atoms with Crippen LogP contribution < -0.4 is 5.32 Å². The Balaban J connectivity index is 1.98. The van der Waals surface area contributed by atoms with Gasteiger partial charge in [-0.1, -0.05) is 43.7 Å². The second-order valence-electron chi connectivity index (χ2n) is 7.11. The first-order valence-corrected chi connectivity index (χ1v) is 9.27. The van der Waals surface area contributed by atoms with Gasteiger partial charge in [-0.15, -0.1) is 6.58 Å². The molecule has 0 bridgehead atoms. The maximum absolute atomic E-state index is 13.1. The summed E-state index contributed by atoms with van der Waals surface area (Å²) in [7, 11) is 0. The maximum atomic E-state index is 13.1. The van der Waals surface area contributed by atoms with Gasteiger partial charge in [0.1, 0.15) is 0 Å². The van der Waals surface area contributed by atoms with Crippen LogP contribution in [0.4, 0.5) is 4.79 Å². The van der Waals surface area contributed by atoms with Gasteiger partial charge in [0.15, 0.2) is 0 Å². The number of urea groups is 1. The Kier molecular flexibility index (Phi) is 5.37. The fourth-order valence-corrected chi connectivity index (χ4v) is 3.60. The van der Waals surface area contributed by atoms with E-state index in [4.69, 9.17) is 11.6 Å². The number of carbonyl (C=O) groups excluding carboxylic acids is 2. The van der Waals surface area contributed by atoms with Crippen molar-refractivity contribution < 1.29 is 9.59 Å². The molecule has 6 heteroatoms. The van der Waals surface area contributed by atoms with Crippen LogP contribution in [0.25, 0.3) is 0 Å². The van der Waals surface area contributed by atoms with E-state index in [2.05, 4.69) is 25.7 Å². The van der Waals surface area contributed by atoms with Crippen molar-refractivity contribution in [2.24, 2.45) is 5.92 Å². The molecule has 0 fully saturated rings. The third-order valence-electron chi connectivity index (χ3n) is 4.77. The Hall–Kier alpha value is -2.27. The Bertz CT molecular complexity index is 772. The van der Waals surface area contributed by atoms with E-state index in [-0.39, 0.29) is 11.9 Å². The van der Waals surface area contributed by atoms with E-state index >= 15 is 0 Å². The van der Waals surface area contributed by atoms with Gasteiger partial charge in [-0.3, -0.25) is 9.69 Å². The largest absolute Gasteiger partial charge is 0.333 e. The predicted molar refractivity (Wildman–Crippen MR) is 103 cm³/mol. The topological polar surface area (TPSA) is 52.7 Å². The Labute approximate surface area is 159 Å². The van der Waals surface area contributed by atoms with Crippen LogP contribution in [0.3, 0.4) is 0 Å². The van der Waals surface area contributed by atoms with Crippen molar-refractivity contribution in [1.29, 1.82) is 0 Å². The smallest absolute Gasteiger partial charge is 0.322 e. The summed E-state index contributed by atoms with van der Waals surface area (Å²) in [6.07, 6.45) is 2.60. The molecule has 5 nitrogen and oxygen atoms in total. The number of rotatable bonds is 6. The summed E-state index contributed by atoms with van der Waals surface area (Å²) in [5, 5.41) is 3.54. The van der Waals surface area contributed by atoms with Gasteiger partial charge in [-0.2, -0.15) is 0 Å². The predicted octanol–water partition coefficient (Wildman–Crippen LogP) is 3.73. The fourth-order valence-electron chi connectivity index (χ4n) is 3.40. The lowest BCUT2D eigenvalue weighted by atomic mass is 9.95. The zero-order chi connectivity index (χ0) is 18.8. The molecule has 0 aliphatic carbocycles. The molecule has 1 aromatic rings. The summed E-state index contributed by atoms with van der Waals surface area (Å²) in [5.74, 6) is 0.493. The molecule has 3 amide bonds. The van der Waals surface area contributed by atoms with Crippen molar-refractivity contribution in [2.45, 2.75) is 26.3 Å². The molecule has 1 aromatic carbocycles. The van der Waals surface area contributed by atoms with Crippen molar-refractivity contribution in [3.05, 3.63) is 58.8 Å². The van der Waals surface area contributed by atoms with Gasteiger partial charge in [0.2, 0.25) is 0 Å². The lowest BCUT2D eigenvalue weighted by Crippen LogP contribution is -2.47. The Morgan fingerprint density at radius 1 is 1.38 bits per heavy atom. The number of carbonyl (C=O) groups is 2. The van der Waals surface area contributed by atoms with E-state index in [1.807, 2.05) is 17.0 Å². The molecule has 2 aliphatic rings. The summed E-state index contributed by atoms with van der Waals surface area (Å²) in [4.78, 5) is 29.2. The van der Waals surface area contributed by atoms with Crippen molar-refractivity contribution in [3.8, 4) is 0 Å². The number of halogens is 1. The quantitative estimate of drug-likeness (QED) is 0.772. The van der Waals surface area contributed by atoms with E-state index in [1.54, 1.807) is 23.1 Å². The standard InChI is InChI=1S/C20H24ClN3O2/c1-4-9-24-16-12-23(10-8-13(2)3)19(25)17(16)18(22-20(24)26)14-6-5-7-15(21)11-14/h4-7,11,13,18H,1,8-10,12H2,2-3H3,(H,22,26)/t18-/m1/s1. The molecule has 26 heavy (non-hydrogen) atoms. The molecule has 3 rings (SSSR count). The first kappa shape index (κ1) is 18.5. The average molecular weight is 374 g/mol. The minimum absolute atomic E-state index is 0.0142. The minimum Gasteiger partial charge on any atom is -0.333 e. The van der Waals surface area contributed by atoms with Crippen LogP contribution in [0.15, 0.2) is 48.2 Å². The lowest BCUT2D eigenvalue weighted by molar-refractivity contribution is -0.125. The molecule has 0 saturated carbocycles. The molecule has 1 atom stereocenters. The lowest BCUT2D eigenvalue weighted by Gasteiger charge is -2.33. The first-order chi connectivity index (χ1) is 12.4. The van der Waals surface area contributed by atoms with E-state index in [9.17, 15) is 9.59 Å². The number of hydrogen-bond donors (Lipinski definition) is 1. The molecule has 2 aliphatic heterocycles. The minimum atomic E-state index is -0.478. The molecule has 0 radical (unpaired) electrons. The summed E-state index contributed by atoms with van der Waals surface area (Å²) in [6.45, 7) is 9.52. The van der Waals surface area contributed by atoms with Crippen molar-refractivity contribution in [1.82, 2.24) is 15.1 Å². The molecule has 0 aromatic heterocycles. The summed E-state index contributed by atoms with van der Waals surface area (Å²) in [6, 6.07) is 6.59. The number of hydrogen-bond acceptors (Lipinski definition) is 2. The zero-order valence-corrected chi connectivity index (χ0v) is 15.9. The monoisotopic (exact) mass is 373 g/mol. The highest BCUT2D eigenvalue weighted by atomic mass is 35.5. The normalized spacial score (nSPS) is 19.9. The number of nitrogens with one attached hydrogen (secondary N) is 1. The van der Waals surface area contributed by atoms with Crippen molar-refractivity contribution in [3.63, 3.8) is 0 Å². The van der Waals surface area contributed by atoms with Crippen LogP contribution >= 0.6 is 11.6 Å². The molecular weight excluding hydrogens is 350 g/mol. The van der Waals surface area contributed by atoms with Gasteiger partial charge in [0.25, 0.3) is 5.91 Å². The second-order valence-corrected chi connectivity index (χ2v) is 7.54. The van der Waals surface area contributed by atoms with Crippen LogP contribution in [0, 0.1) is 5.92 Å². The Morgan fingerprint density at radius 3 is 2.81 bits per heavy atom. The zero-order valence-electron chi connectivity index (χ0n) is 15.2. The van der Waals surface area contributed by atoms with Crippen molar-refractivity contribution >= 4 is 23.5 Å². The molecule has 2 heterocycles. The SMILES string of the molecule is C=CCN1C(=O)N[C@H](c2cccc(Cl)c2)C2=C1CN(CCC(C)C)C2=O. The summed E-state index contributed by atoms with van der Waals surface area (Å²) < 4.78 is 0. The Morgan fingerprint density at radius 2 is 2.15 bits per heavy atom. The molecule has 1 N–H and O–H groups in total. The van der Waals surface area contributed by atoms with Gasteiger partial charge in [-0.25, -0.2) is 4.79 Å². The molecule has 0 unspecified atom stereocenters. The summed E-state index contributed by atoms with van der Waals surface area (Å²) >= 11 is 6.12. The van der Waals surface area contributed by atoms with Gasteiger partial charge in [0, 0.05) is 18.1 Å². The molecule has 0 spiro atoms. The number of benzene rings is 1. The molecular formula is C20H24ClN3O2. The van der Waals surface area contributed by atoms with Crippen molar-refractivity contribution in [2.75, 3.05) is 19.6 Å². The van der Waals surface area contributed by atoms with E-state index in [0.29, 0.717) is 36.1 Å². The van der Waals surface area contributed by atoms with E-state index < -0.39 is 6.04 Å². The highest BCUT2D eigenvalue weighted by molar-refractivity contribution is 6.30.